The van der Waals surface area contributed by atoms with Crippen LogP contribution in [0.25, 0.3) is 0 Å². The van der Waals surface area contributed by atoms with E-state index in [1.165, 1.54) is 13.0 Å². The van der Waals surface area contributed by atoms with E-state index in [2.05, 4.69) is 31.2 Å². The molecule has 2 aliphatic carbocycles. The molecule has 0 aromatic heterocycles. The van der Waals surface area contributed by atoms with Crippen molar-refractivity contribution < 1.29 is 72.9 Å². The van der Waals surface area contributed by atoms with Crippen LogP contribution in [0.5, 0.6) is 11.5 Å². The third kappa shape index (κ3) is 29.5. The molecule has 0 heterocycles. The largest absolute Gasteiger partial charge is 0.508 e. The number of Topliss-reactive ketones (excluding diaryl/α,β-unsaturated/α-hetero) is 3. The van der Waals surface area contributed by atoms with Crippen LogP contribution in [-0.4, -0.2) is 62.5 Å². The number of hydrogen-bond donors (Lipinski definition) is 2. The Labute approximate surface area is 363 Å². The van der Waals surface area contributed by atoms with Gasteiger partial charge < -0.3 is 10.2 Å². The average molecular weight is 878 g/mol. The fraction of sp³-hybridized carbons (Fsp3) is 0.477. The minimum absolute atomic E-state index is 0. The second kappa shape index (κ2) is 36.4. The van der Waals surface area contributed by atoms with Crippen molar-refractivity contribution in [1.82, 2.24) is 0 Å². The van der Waals surface area contributed by atoms with Gasteiger partial charge in [-0.15, -0.1) is 0 Å². The van der Waals surface area contributed by atoms with Crippen LogP contribution in [0.4, 0.5) is 0 Å². The van der Waals surface area contributed by atoms with Gasteiger partial charge >= 0.3 is 23.9 Å². The Morgan fingerprint density at radius 3 is 0.967 bits per heavy atom. The molecule has 346 valence electrons. The summed E-state index contributed by atoms with van der Waals surface area (Å²) < 4.78 is 0. The highest BCUT2D eigenvalue weighted by molar-refractivity contribution is 6.62. The molecular formula is C44H73ClO15. The molecule has 2 N–H and O–H groups in total. The number of hydrogen-bond acceptors (Lipinski definition) is 15. The van der Waals surface area contributed by atoms with Gasteiger partial charge in [-0.1, -0.05) is 44.6 Å². The highest BCUT2D eigenvalue weighted by Gasteiger charge is 2.24. The van der Waals surface area contributed by atoms with Crippen LogP contribution >= 0.6 is 11.6 Å². The van der Waals surface area contributed by atoms with Crippen LogP contribution < -0.4 is 0 Å². The summed E-state index contributed by atoms with van der Waals surface area (Å²) in [5.74, 6) is -2.07. The number of phenolic OH excluding ortho intramolecular Hbond substituents is 2. The van der Waals surface area contributed by atoms with Gasteiger partial charge in [-0.2, -0.15) is 0 Å². The van der Waals surface area contributed by atoms with Gasteiger partial charge in [0, 0.05) is 73.6 Å². The zero-order valence-electron chi connectivity index (χ0n) is 33.2. The van der Waals surface area contributed by atoms with Gasteiger partial charge in [-0.3, -0.25) is 24.0 Å². The lowest BCUT2D eigenvalue weighted by Gasteiger charge is -2.15. The topological polar surface area (TPSA) is 231 Å². The van der Waals surface area contributed by atoms with E-state index in [9.17, 15) is 53.4 Å². The van der Waals surface area contributed by atoms with E-state index in [4.69, 9.17) is 0 Å². The first-order chi connectivity index (χ1) is 24.5. The molecule has 0 saturated heterocycles. The second-order valence-corrected chi connectivity index (χ2v) is 12.0. The molecule has 0 radical (unpaired) electrons. The minimum atomic E-state index is -0.639. The first-order valence-corrected chi connectivity index (χ1v) is 16.2. The van der Waals surface area contributed by atoms with E-state index >= 15 is 0 Å². The van der Waals surface area contributed by atoms with Crippen molar-refractivity contribution >= 4 is 63.9 Å². The van der Waals surface area contributed by atoms with E-state index in [0.717, 1.165) is 38.8 Å². The predicted octanol–water partition coefficient (Wildman–Crippen LogP) is 9.90. The van der Waals surface area contributed by atoms with Crippen LogP contribution in [-0.2, 0) is 62.7 Å². The first-order valence-electron chi connectivity index (χ1n) is 15.8. The fourth-order valence-electron chi connectivity index (χ4n) is 3.55. The fourth-order valence-corrected chi connectivity index (χ4v) is 3.55. The van der Waals surface area contributed by atoms with Crippen LogP contribution in [0, 0.1) is 20.8 Å². The van der Waals surface area contributed by atoms with Gasteiger partial charge in [-0.25, -0.2) is 38.7 Å². The first kappa shape index (κ1) is 75.2. The number of halogens is 1. The van der Waals surface area contributed by atoms with E-state index in [1.807, 2.05) is 0 Å². The van der Waals surface area contributed by atoms with Gasteiger partial charge in [-0.05, 0) is 110 Å². The molecular weight excluding hydrogens is 804 g/mol. The van der Waals surface area contributed by atoms with Crippen molar-refractivity contribution in [2.75, 3.05) is 0 Å². The van der Waals surface area contributed by atoms with Crippen molar-refractivity contribution in [1.29, 1.82) is 0 Å². The highest BCUT2D eigenvalue weighted by Crippen LogP contribution is 2.30. The van der Waals surface area contributed by atoms with Gasteiger partial charge in [0.2, 0.25) is 5.24 Å². The number of ketones is 4. The summed E-state index contributed by atoms with van der Waals surface area (Å²) in [4.78, 5) is 109. The number of aryl methyl sites for hydroxylation is 1. The Balaban J connectivity index is -0.0000000744. The zero-order valence-corrected chi connectivity index (χ0v) is 34.0. The van der Waals surface area contributed by atoms with Crippen molar-refractivity contribution in [3.05, 3.63) is 67.8 Å². The molecule has 0 atom stereocenters. The zero-order chi connectivity index (χ0) is 43.4. The molecule has 0 amide bonds. The summed E-state index contributed by atoms with van der Waals surface area (Å²) in [5, 5.41) is 18.3. The molecule has 0 spiro atoms. The number of allylic oxidation sites excluding steroid dienone is 8. The molecule has 15 nitrogen and oxygen atoms in total. The molecule has 0 fully saturated rings. The Kier molecular flexibility index (Phi) is 45.6. The normalized spacial score (nSPS) is 11.7. The number of carbonyl (C=O) groups is 9. The van der Waals surface area contributed by atoms with Gasteiger partial charge in [0.05, 0.1) is 0 Å². The summed E-state index contributed by atoms with van der Waals surface area (Å²) in [6.07, 6.45) is 1.39. The average Bonchev–Trinajstić information content (AvgIpc) is 3.08. The maximum Gasteiger partial charge on any atom is 0.352 e. The molecule has 0 aliphatic heterocycles. The number of phenols is 2. The number of carbonyl (C=O) groups excluding carboxylic acids is 9. The van der Waals surface area contributed by atoms with Crippen molar-refractivity contribution in [2.24, 2.45) is 0 Å². The molecule has 1 aromatic rings. The van der Waals surface area contributed by atoms with Gasteiger partial charge in [0.25, 0.3) is 0 Å². The highest BCUT2D eigenvalue weighted by atomic mass is 35.5. The molecule has 1 aromatic carbocycles. The van der Waals surface area contributed by atoms with E-state index < -0.39 is 23.9 Å². The Hall–Kier alpha value is -5.70. The predicted molar refractivity (Wildman–Crippen MR) is 237 cm³/mol. The van der Waals surface area contributed by atoms with Gasteiger partial charge in [0.1, 0.15) is 11.5 Å². The molecule has 0 unspecified atom stereocenters. The Morgan fingerprint density at radius 2 is 0.717 bits per heavy atom. The summed E-state index contributed by atoms with van der Waals surface area (Å²) >= 11 is 4.64. The summed E-state index contributed by atoms with van der Waals surface area (Å²) in [6.45, 7) is 23.0. The lowest BCUT2D eigenvalue weighted by atomic mass is 9.87. The maximum atomic E-state index is 11.4. The molecule has 0 saturated carbocycles. The third-order valence-corrected chi connectivity index (χ3v) is 7.05. The summed E-state index contributed by atoms with van der Waals surface area (Å²) in [6, 6.07) is 1.57. The molecule has 3 rings (SSSR count). The van der Waals surface area contributed by atoms with Crippen molar-refractivity contribution in [3.8, 4) is 11.5 Å². The van der Waals surface area contributed by atoms with Crippen LogP contribution in [0.3, 0.4) is 0 Å². The summed E-state index contributed by atoms with van der Waals surface area (Å²) in [7, 11) is 0. The molecule has 0 bridgehead atoms. The lowest BCUT2D eigenvalue weighted by molar-refractivity contribution is -0.255. The van der Waals surface area contributed by atoms with Crippen LogP contribution in [0.15, 0.2) is 51.2 Å². The van der Waals surface area contributed by atoms with Crippen molar-refractivity contribution in [2.45, 2.75) is 148 Å². The van der Waals surface area contributed by atoms with Crippen molar-refractivity contribution in [3.63, 3.8) is 0 Å². The van der Waals surface area contributed by atoms with E-state index in [0.29, 0.717) is 44.6 Å². The quantitative estimate of drug-likeness (QED) is 0.0812. The van der Waals surface area contributed by atoms with E-state index in [1.54, 1.807) is 75.3 Å². The van der Waals surface area contributed by atoms with Gasteiger partial charge in [0.15, 0.2) is 23.1 Å². The number of rotatable bonds is 0. The Bertz CT molecular complexity index is 1640. The van der Waals surface area contributed by atoms with Crippen LogP contribution in [0.2, 0.25) is 0 Å². The lowest BCUT2D eigenvalue weighted by Crippen LogP contribution is -2.18. The SMILES string of the molecule is C.C.C.C.C.C.CC(=O)Cl.CC(=O)OOC(C)=O.CC(=O)OOC(C)=O.CC1=C(C)C(=O)C(C)=C(C)C1=O.CC1=CC(=O)C(C)=C(C)C1=O.Cc1cc(O)c(C)c(C)c1O. The maximum absolute atomic E-state index is 11.4. The molecule has 16 heteroatoms. The molecule has 60 heavy (non-hydrogen) atoms. The van der Waals surface area contributed by atoms with E-state index in [-0.39, 0.29) is 84.4 Å². The smallest absolute Gasteiger partial charge is 0.352 e. The standard InChI is InChI=1S/C10H12O2.C9H12O2.C9H10O2.2C4H6O4.C2H3ClO.6CH4/c1-5-6(2)10(12)8(4)7(3)9(5)11;2*1-5-4-8(10)6(2)7(3)9(5)11;2*1-3(5)7-8-4(2)6;1-2(3)4;;;;;;/h1-4H3;4,10-11H,1-3H3;4H,1-3H3;2*1-2H3;1H3;6*1H4. The number of aromatic hydroxyl groups is 2. The third-order valence-electron chi connectivity index (χ3n) is 7.05. The minimum Gasteiger partial charge on any atom is -0.508 e. The van der Waals surface area contributed by atoms with Crippen LogP contribution in [0.1, 0.15) is 144 Å². The monoisotopic (exact) mass is 876 g/mol. The number of benzene rings is 1. The summed E-state index contributed by atoms with van der Waals surface area (Å²) in [5.41, 5.74) is 6.24. The Morgan fingerprint density at radius 1 is 0.467 bits per heavy atom. The second-order valence-electron chi connectivity index (χ2n) is 11.5. The molecule has 2 aliphatic rings.